The molecule has 0 heterocycles. The van der Waals surface area contributed by atoms with E-state index in [4.69, 9.17) is 0 Å². The standard InChI is InChI=1S/C9H21NO2S/c1-5-9(6-2)8-10(7-3)13(4,11)12/h9H,5-8H2,1-4H3. The van der Waals surface area contributed by atoms with Crippen molar-refractivity contribution in [2.45, 2.75) is 33.6 Å². The third-order valence-corrected chi connectivity index (χ3v) is 3.78. The molecule has 0 aromatic carbocycles. The van der Waals surface area contributed by atoms with Crippen molar-refractivity contribution < 1.29 is 8.42 Å². The van der Waals surface area contributed by atoms with Crippen LogP contribution < -0.4 is 0 Å². The zero-order valence-electron chi connectivity index (χ0n) is 9.08. The van der Waals surface area contributed by atoms with Crippen LogP contribution in [0.4, 0.5) is 0 Å². The van der Waals surface area contributed by atoms with Crippen molar-refractivity contribution in [3.63, 3.8) is 0 Å². The summed E-state index contributed by atoms with van der Waals surface area (Å²) in [6, 6.07) is 0. The molecule has 0 rings (SSSR count). The van der Waals surface area contributed by atoms with Gasteiger partial charge < -0.3 is 0 Å². The highest BCUT2D eigenvalue weighted by molar-refractivity contribution is 7.88. The zero-order valence-corrected chi connectivity index (χ0v) is 9.89. The molecule has 0 atom stereocenters. The number of hydrogen-bond donors (Lipinski definition) is 0. The smallest absolute Gasteiger partial charge is 0.211 e. The second-order valence-corrected chi connectivity index (χ2v) is 5.38. The predicted molar refractivity (Wildman–Crippen MR) is 56.2 cm³/mol. The Hall–Kier alpha value is -0.0900. The predicted octanol–water partition coefficient (Wildman–Crippen LogP) is 1.70. The molecule has 0 spiro atoms. The second kappa shape index (κ2) is 5.60. The first kappa shape index (κ1) is 12.9. The number of nitrogens with zero attached hydrogens (tertiary/aromatic N) is 1. The fraction of sp³-hybridized carbons (Fsp3) is 1.00. The van der Waals surface area contributed by atoms with Gasteiger partial charge in [0.2, 0.25) is 10.0 Å². The lowest BCUT2D eigenvalue weighted by Gasteiger charge is -2.22. The Labute approximate surface area is 82.2 Å². The summed E-state index contributed by atoms with van der Waals surface area (Å²) in [5, 5.41) is 0. The number of sulfonamides is 1. The van der Waals surface area contributed by atoms with Crippen molar-refractivity contribution in [1.29, 1.82) is 0 Å². The van der Waals surface area contributed by atoms with Crippen LogP contribution in [0.15, 0.2) is 0 Å². The summed E-state index contributed by atoms with van der Waals surface area (Å²) in [5.74, 6) is 0.495. The quantitative estimate of drug-likeness (QED) is 0.665. The molecule has 80 valence electrons. The van der Waals surface area contributed by atoms with Gasteiger partial charge in [-0.05, 0) is 5.92 Å². The molecule has 0 unspecified atom stereocenters. The van der Waals surface area contributed by atoms with Crippen LogP contribution in [-0.2, 0) is 10.0 Å². The average Bonchev–Trinajstić information content (AvgIpc) is 2.04. The molecule has 0 aliphatic carbocycles. The van der Waals surface area contributed by atoms with E-state index in [2.05, 4.69) is 13.8 Å². The van der Waals surface area contributed by atoms with E-state index in [9.17, 15) is 8.42 Å². The minimum Gasteiger partial charge on any atom is -0.213 e. The van der Waals surface area contributed by atoms with Gasteiger partial charge in [-0.25, -0.2) is 12.7 Å². The van der Waals surface area contributed by atoms with Crippen LogP contribution in [0.3, 0.4) is 0 Å². The molecule has 0 aliphatic heterocycles. The van der Waals surface area contributed by atoms with Crippen molar-refractivity contribution in [2.75, 3.05) is 19.3 Å². The summed E-state index contributed by atoms with van der Waals surface area (Å²) in [5.41, 5.74) is 0. The molecular weight excluding hydrogens is 186 g/mol. The van der Waals surface area contributed by atoms with Gasteiger partial charge in [-0.2, -0.15) is 0 Å². The van der Waals surface area contributed by atoms with Crippen molar-refractivity contribution in [2.24, 2.45) is 5.92 Å². The van der Waals surface area contributed by atoms with E-state index in [1.165, 1.54) is 6.26 Å². The summed E-state index contributed by atoms with van der Waals surface area (Å²) in [4.78, 5) is 0. The Bertz CT molecular complexity index is 220. The molecule has 0 radical (unpaired) electrons. The van der Waals surface area contributed by atoms with Crippen molar-refractivity contribution in [1.82, 2.24) is 4.31 Å². The normalized spacial score (nSPS) is 12.8. The van der Waals surface area contributed by atoms with Gasteiger partial charge in [-0.3, -0.25) is 0 Å². The molecule has 0 saturated carbocycles. The summed E-state index contributed by atoms with van der Waals surface area (Å²) < 4.78 is 24.1. The molecule has 0 fully saturated rings. The van der Waals surface area contributed by atoms with Gasteiger partial charge in [0.1, 0.15) is 0 Å². The number of hydrogen-bond acceptors (Lipinski definition) is 2. The minimum atomic E-state index is -3.00. The molecular formula is C9H21NO2S. The Kier molecular flexibility index (Phi) is 5.56. The van der Waals surface area contributed by atoms with Crippen LogP contribution in [0.2, 0.25) is 0 Å². The molecule has 0 N–H and O–H groups in total. The van der Waals surface area contributed by atoms with E-state index in [0.29, 0.717) is 19.0 Å². The summed E-state index contributed by atoms with van der Waals surface area (Å²) in [6.45, 7) is 7.33. The zero-order chi connectivity index (χ0) is 10.5. The summed E-state index contributed by atoms with van der Waals surface area (Å²) in [7, 11) is -3.00. The monoisotopic (exact) mass is 207 g/mol. The SMILES string of the molecule is CCC(CC)CN(CC)S(C)(=O)=O. The molecule has 0 saturated heterocycles. The van der Waals surface area contributed by atoms with Gasteiger partial charge in [0.25, 0.3) is 0 Å². The first-order chi connectivity index (χ1) is 5.95. The molecule has 0 aliphatic rings. The summed E-state index contributed by atoms with van der Waals surface area (Å²) >= 11 is 0. The molecule has 4 heteroatoms. The Morgan fingerprint density at radius 2 is 1.62 bits per heavy atom. The number of rotatable bonds is 6. The summed E-state index contributed by atoms with van der Waals surface area (Å²) in [6.07, 6.45) is 3.36. The lowest BCUT2D eigenvalue weighted by molar-refractivity contribution is 0.341. The molecule has 0 amide bonds. The fourth-order valence-corrected chi connectivity index (χ4v) is 2.28. The lowest BCUT2D eigenvalue weighted by Crippen LogP contribution is -2.34. The highest BCUT2D eigenvalue weighted by Crippen LogP contribution is 2.11. The second-order valence-electron chi connectivity index (χ2n) is 3.40. The van der Waals surface area contributed by atoms with Gasteiger partial charge in [0.15, 0.2) is 0 Å². The van der Waals surface area contributed by atoms with E-state index in [1.807, 2.05) is 6.92 Å². The third-order valence-electron chi connectivity index (χ3n) is 2.44. The van der Waals surface area contributed by atoms with Crippen molar-refractivity contribution in [3.05, 3.63) is 0 Å². The van der Waals surface area contributed by atoms with E-state index in [1.54, 1.807) is 4.31 Å². The van der Waals surface area contributed by atoms with Gasteiger partial charge in [-0.1, -0.05) is 33.6 Å². The Morgan fingerprint density at radius 3 is 1.85 bits per heavy atom. The van der Waals surface area contributed by atoms with Crippen molar-refractivity contribution >= 4 is 10.0 Å². The Morgan fingerprint density at radius 1 is 1.15 bits per heavy atom. The van der Waals surface area contributed by atoms with E-state index in [0.717, 1.165) is 12.8 Å². The van der Waals surface area contributed by atoms with Crippen molar-refractivity contribution in [3.8, 4) is 0 Å². The molecule has 13 heavy (non-hydrogen) atoms. The molecule has 0 aromatic rings. The maximum absolute atomic E-state index is 11.3. The minimum absolute atomic E-state index is 0.495. The van der Waals surface area contributed by atoms with Crippen LogP contribution in [0.25, 0.3) is 0 Å². The first-order valence-electron chi connectivity index (χ1n) is 4.90. The van der Waals surface area contributed by atoms with Crippen LogP contribution in [0.5, 0.6) is 0 Å². The van der Waals surface area contributed by atoms with Crippen LogP contribution in [0, 0.1) is 5.92 Å². The molecule has 3 nitrogen and oxygen atoms in total. The maximum atomic E-state index is 11.3. The van der Waals surface area contributed by atoms with Gasteiger partial charge in [0.05, 0.1) is 6.26 Å². The van der Waals surface area contributed by atoms with E-state index >= 15 is 0 Å². The van der Waals surface area contributed by atoms with E-state index < -0.39 is 10.0 Å². The van der Waals surface area contributed by atoms with Crippen LogP contribution in [-0.4, -0.2) is 32.1 Å². The lowest BCUT2D eigenvalue weighted by atomic mass is 10.0. The fourth-order valence-electron chi connectivity index (χ4n) is 1.33. The van der Waals surface area contributed by atoms with Crippen LogP contribution >= 0.6 is 0 Å². The highest BCUT2D eigenvalue weighted by atomic mass is 32.2. The maximum Gasteiger partial charge on any atom is 0.211 e. The first-order valence-corrected chi connectivity index (χ1v) is 6.75. The Balaban J connectivity index is 4.29. The third kappa shape index (κ3) is 4.62. The highest BCUT2D eigenvalue weighted by Gasteiger charge is 2.17. The average molecular weight is 207 g/mol. The molecule has 0 aromatic heterocycles. The van der Waals surface area contributed by atoms with Gasteiger partial charge in [-0.15, -0.1) is 0 Å². The largest absolute Gasteiger partial charge is 0.213 e. The topological polar surface area (TPSA) is 37.4 Å². The van der Waals surface area contributed by atoms with Gasteiger partial charge in [0, 0.05) is 13.1 Å². The molecule has 0 bridgehead atoms. The van der Waals surface area contributed by atoms with Crippen LogP contribution in [0.1, 0.15) is 33.6 Å². The van der Waals surface area contributed by atoms with Gasteiger partial charge >= 0.3 is 0 Å². The van der Waals surface area contributed by atoms with E-state index in [-0.39, 0.29) is 0 Å².